The van der Waals surface area contributed by atoms with Crippen LogP contribution in [-0.4, -0.2) is 12.7 Å². The average Bonchev–Trinajstić information content (AvgIpc) is 0.811. The molecule has 0 unspecified atom stereocenters. The summed E-state index contributed by atoms with van der Waals surface area (Å²) < 4.78 is 0. The summed E-state index contributed by atoms with van der Waals surface area (Å²) in [7, 11) is 0. The normalized spacial score (nSPS) is 5.00. The molecule has 0 aliphatic carbocycles. The van der Waals surface area contributed by atoms with E-state index in [9.17, 15) is 0 Å². The first kappa shape index (κ1) is 9.53. The monoisotopic (exact) mass is 185 g/mol. The van der Waals surface area contributed by atoms with Crippen LogP contribution in [0.1, 0.15) is 0 Å². The molecule has 0 amide bonds. The molecule has 0 fully saturated rings. The van der Waals surface area contributed by atoms with Crippen molar-refractivity contribution in [3.05, 3.63) is 0 Å². The molecule has 27 valence electrons. The van der Waals surface area contributed by atoms with Gasteiger partial charge in [0.2, 0.25) is 0 Å². The summed E-state index contributed by atoms with van der Waals surface area (Å²) in [4.78, 5) is 0. The van der Waals surface area contributed by atoms with Crippen molar-refractivity contribution in [3.8, 4) is 0 Å². The van der Waals surface area contributed by atoms with E-state index in [-0.39, 0.29) is 17.0 Å². The van der Waals surface area contributed by atoms with Crippen LogP contribution in [0.3, 0.4) is 0 Å². The van der Waals surface area contributed by atoms with Gasteiger partial charge in [-0.15, -0.1) is 17.0 Å². The van der Waals surface area contributed by atoms with Crippen molar-refractivity contribution in [2.45, 2.75) is 5.52 Å². The van der Waals surface area contributed by atoms with Crippen LogP contribution in [0.4, 0.5) is 0 Å². The van der Waals surface area contributed by atoms with E-state index < -0.39 is 15.6 Å². The zero-order chi connectivity index (χ0) is 3.58. The fraction of sp³-hybridized carbons (Fsp3) is 1.00. The van der Waals surface area contributed by atoms with Crippen molar-refractivity contribution in [1.29, 1.82) is 0 Å². The molecule has 0 nitrogen and oxygen atoms in total. The molecular weight excluding hydrogens is 179 g/mol. The summed E-state index contributed by atoms with van der Waals surface area (Å²) in [6.45, 7) is 0. The van der Waals surface area contributed by atoms with Gasteiger partial charge < -0.3 is 0 Å². The Kier molecular flexibility index (Phi) is 9.97. The van der Waals surface area contributed by atoms with Gasteiger partial charge in [0, 0.05) is 0 Å². The molecule has 0 saturated heterocycles. The second kappa shape index (κ2) is 5.23. The molecule has 0 aromatic heterocycles. The van der Waals surface area contributed by atoms with Gasteiger partial charge in [-0.25, -0.2) is 0 Å². The number of halogens is 1. The predicted octanol–water partition coefficient (Wildman–Crippen LogP) is -0.673. The van der Waals surface area contributed by atoms with E-state index in [1.165, 1.54) is 0 Å². The summed E-state index contributed by atoms with van der Waals surface area (Å²) in [5.74, 6) is 0. The molecule has 0 aromatic rings. The van der Waals surface area contributed by atoms with E-state index in [0.29, 0.717) is 0 Å². The second-order valence-electron chi connectivity index (χ2n) is 2.12. The molecule has 0 N–H and O–H groups in total. The zero-order valence-electron chi connectivity index (χ0n) is 4.12. The standard InChI is InChI=1S/CH3.2BH2.BrH.Zn/h1H3;2*1H2;1H;/q;2*+1;;-2. The summed E-state index contributed by atoms with van der Waals surface area (Å²) in [6.07, 6.45) is 4.75. The van der Waals surface area contributed by atoms with Gasteiger partial charge in [0.25, 0.3) is 0 Å². The summed E-state index contributed by atoms with van der Waals surface area (Å²) in [5.41, 5.74) is 2.38. The fourth-order valence-corrected chi connectivity index (χ4v) is 0. The first-order valence-corrected chi connectivity index (χ1v) is 11.0. The molecule has 0 atom stereocenters. The summed E-state index contributed by atoms with van der Waals surface area (Å²) in [6, 6.07) is 0. The molecule has 0 aliphatic heterocycles. The van der Waals surface area contributed by atoms with Crippen LogP contribution in [0.5, 0.6) is 0 Å². The van der Waals surface area contributed by atoms with Crippen molar-refractivity contribution in [2.24, 2.45) is 0 Å². The molecule has 0 heterocycles. The quantitative estimate of drug-likeness (QED) is 0.441. The summed E-state index contributed by atoms with van der Waals surface area (Å²) in [5, 5.41) is 0. The van der Waals surface area contributed by atoms with Gasteiger partial charge in [0.15, 0.2) is 0 Å². The van der Waals surface area contributed by atoms with Crippen molar-refractivity contribution < 1.29 is 15.6 Å². The van der Waals surface area contributed by atoms with Crippen LogP contribution in [0.2, 0.25) is 5.52 Å². The third-order valence-corrected chi connectivity index (χ3v) is 0. The van der Waals surface area contributed by atoms with Crippen LogP contribution in [0, 0.1) is 0 Å². The van der Waals surface area contributed by atoms with Crippen molar-refractivity contribution >= 4 is 29.6 Å². The van der Waals surface area contributed by atoms with Crippen LogP contribution in [0.15, 0.2) is 0 Å². The minimum atomic E-state index is -0.625. The van der Waals surface area contributed by atoms with Crippen molar-refractivity contribution in [2.75, 3.05) is 0 Å². The topological polar surface area (TPSA) is 0 Å². The van der Waals surface area contributed by atoms with Gasteiger partial charge in [-0.2, -0.15) is 0 Å². The molecule has 4 heteroatoms. The number of rotatable bonds is 0. The van der Waals surface area contributed by atoms with Gasteiger partial charge >= 0.3 is 33.8 Å². The number of hydrogen-bond acceptors (Lipinski definition) is 0. The fourth-order valence-electron chi connectivity index (χ4n) is 0. The van der Waals surface area contributed by atoms with Crippen molar-refractivity contribution in [1.82, 2.24) is 0 Å². The molecule has 0 aliphatic rings. The van der Waals surface area contributed by atoms with Gasteiger partial charge in [0.1, 0.15) is 0 Å². The Morgan fingerprint density at radius 3 is 1.40 bits per heavy atom. The van der Waals surface area contributed by atoms with Crippen LogP contribution >= 0.6 is 17.0 Å². The Hall–Kier alpha value is 1.23. The molecule has 5 heavy (non-hydrogen) atoms. The zero-order valence-corrected chi connectivity index (χ0v) is 8.80. The Morgan fingerprint density at radius 2 is 1.40 bits per heavy atom. The van der Waals surface area contributed by atoms with Gasteiger partial charge in [-0.1, -0.05) is 0 Å². The van der Waals surface area contributed by atoms with Crippen LogP contribution in [0.25, 0.3) is 0 Å². The van der Waals surface area contributed by atoms with Gasteiger partial charge in [-0.3, -0.25) is 0 Å². The van der Waals surface area contributed by atoms with E-state index >= 15 is 0 Å². The second-order valence-corrected chi connectivity index (χ2v) is 11.0. The Bertz CT molecular complexity index is 14.4. The first-order chi connectivity index (χ1) is 1.73. The maximum atomic E-state index is 2.38. The van der Waals surface area contributed by atoms with Gasteiger partial charge in [-0.05, 0) is 0 Å². The van der Waals surface area contributed by atoms with Gasteiger partial charge in [0.05, 0.1) is 0 Å². The average molecular weight is 187 g/mol. The minimum absolute atomic E-state index is 0. The summed E-state index contributed by atoms with van der Waals surface area (Å²) >= 11 is -0.625. The molecule has 0 rings (SSSR count). The maximum absolute atomic E-state index is 2.38. The third kappa shape index (κ3) is 36.0. The predicted molar refractivity (Wildman–Crippen MR) is 33.3 cm³/mol. The van der Waals surface area contributed by atoms with E-state index in [1.807, 2.05) is 0 Å². The van der Waals surface area contributed by atoms with E-state index in [0.717, 1.165) is 0 Å². The van der Waals surface area contributed by atoms with E-state index in [4.69, 9.17) is 0 Å². The molecule has 0 radical (unpaired) electrons. The SMILES string of the molecule is Br.[BH2][Zn]([BH2])[CH3]. The molecule has 0 spiro atoms. The Balaban J connectivity index is 0. The first-order valence-electron chi connectivity index (χ1n) is 2.12. The van der Waals surface area contributed by atoms with Crippen LogP contribution in [-0.2, 0) is 15.6 Å². The molecular formula is CH8B2BrZn. The number of hydrogen-bond donors (Lipinski definition) is 0. The molecule has 0 bridgehead atoms. The van der Waals surface area contributed by atoms with E-state index in [2.05, 4.69) is 18.2 Å². The molecule has 0 aromatic carbocycles. The molecule has 0 saturated carbocycles. The van der Waals surface area contributed by atoms with Crippen LogP contribution < -0.4 is 0 Å². The Labute approximate surface area is 50.8 Å². The Morgan fingerprint density at radius 1 is 1.40 bits per heavy atom. The van der Waals surface area contributed by atoms with Crippen molar-refractivity contribution in [3.63, 3.8) is 0 Å². The third-order valence-electron chi connectivity index (χ3n) is 0. The van der Waals surface area contributed by atoms with E-state index in [1.54, 1.807) is 0 Å².